The van der Waals surface area contributed by atoms with Crippen LogP contribution in [-0.4, -0.2) is 26.3 Å². The molecule has 1 N–H and O–H groups in total. The summed E-state index contributed by atoms with van der Waals surface area (Å²) >= 11 is 2.76. The van der Waals surface area contributed by atoms with E-state index in [1.807, 2.05) is 52.8 Å². The van der Waals surface area contributed by atoms with Crippen LogP contribution >= 0.6 is 23.1 Å². The molecule has 0 aliphatic rings. The lowest BCUT2D eigenvalue weighted by Gasteiger charge is -2.14. The molecule has 2 heterocycles. The first-order valence-electron chi connectivity index (χ1n) is 8.16. The molecule has 0 spiro atoms. The van der Waals surface area contributed by atoms with Gasteiger partial charge in [-0.05, 0) is 45.7 Å². The highest BCUT2D eigenvalue weighted by Gasteiger charge is 2.21. The van der Waals surface area contributed by atoms with Gasteiger partial charge in [-0.2, -0.15) is 0 Å². The maximum Gasteiger partial charge on any atom is 0.277 e. The van der Waals surface area contributed by atoms with E-state index < -0.39 is 0 Å². The van der Waals surface area contributed by atoms with Crippen LogP contribution in [0.4, 0.5) is 5.69 Å². The number of aromatic nitrogens is 3. The molecule has 0 saturated heterocycles. The molecule has 0 aliphatic carbocycles. The summed E-state index contributed by atoms with van der Waals surface area (Å²) in [5, 5.41) is 12.1. The Bertz CT molecular complexity index is 928. The van der Waals surface area contributed by atoms with E-state index in [-0.39, 0.29) is 11.2 Å². The first-order valence-corrected chi connectivity index (χ1v) is 9.86. The number of hydrogen-bond donors (Lipinski definition) is 1. The lowest BCUT2D eigenvalue weighted by Crippen LogP contribution is -2.23. The fourth-order valence-corrected chi connectivity index (χ4v) is 4.04. The van der Waals surface area contributed by atoms with Gasteiger partial charge in [0.25, 0.3) is 11.1 Å². The Balaban J connectivity index is 1.69. The van der Waals surface area contributed by atoms with Crippen LogP contribution in [-0.2, 0) is 4.79 Å². The Morgan fingerprint density at radius 3 is 2.50 bits per heavy atom. The monoisotopic (exact) mass is 388 g/mol. The normalized spacial score (nSPS) is 12.2. The second kappa shape index (κ2) is 7.59. The van der Waals surface area contributed by atoms with Crippen LogP contribution < -0.4 is 5.32 Å². The van der Waals surface area contributed by atoms with E-state index >= 15 is 0 Å². The molecule has 1 atom stereocenters. The number of aryl methyl sites for hydroxylation is 4. The molecule has 2 aromatic heterocycles. The Labute approximate surface area is 160 Å². The third-order valence-electron chi connectivity index (χ3n) is 3.88. The van der Waals surface area contributed by atoms with Crippen LogP contribution in [0.5, 0.6) is 0 Å². The molecule has 3 rings (SSSR count). The molecular weight excluding hydrogens is 368 g/mol. The third kappa shape index (κ3) is 3.96. The minimum Gasteiger partial charge on any atom is -0.410 e. The number of thiazole rings is 1. The van der Waals surface area contributed by atoms with E-state index in [0.29, 0.717) is 11.1 Å². The molecule has 8 heteroatoms. The van der Waals surface area contributed by atoms with Crippen LogP contribution in [0, 0.1) is 27.7 Å². The van der Waals surface area contributed by atoms with Crippen molar-refractivity contribution in [3.8, 4) is 10.8 Å². The zero-order valence-corrected chi connectivity index (χ0v) is 16.9. The van der Waals surface area contributed by atoms with Gasteiger partial charge in [0.15, 0.2) is 0 Å². The zero-order chi connectivity index (χ0) is 18.8. The van der Waals surface area contributed by atoms with Crippen molar-refractivity contribution in [2.24, 2.45) is 0 Å². The van der Waals surface area contributed by atoms with Crippen LogP contribution in [0.15, 0.2) is 27.8 Å². The van der Waals surface area contributed by atoms with Crippen molar-refractivity contribution in [1.82, 2.24) is 15.2 Å². The van der Waals surface area contributed by atoms with Gasteiger partial charge in [0.2, 0.25) is 5.91 Å². The fourth-order valence-electron chi connectivity index (χ4n) is 2.52. The van der Waals surface area contributed by atoms with Crippen LogP contribution in [0.3, 0.4) is 0 Å². The Morgan fingerprint density at radius 1 is 1.19 bits per heavy atom. The van der Waals surface area contributed by atoms with Gasteiger partial charge in [0.05, 0.1) is 16.0 Å². The SMILES string of the molecule is Cc1nc(C)c(-c2nnc(SC(C)C(=O)Nc3c(C)cccc3C)o2)s1. The van der Waals surface area contributed by atoms with E-state index in [9.17, 15) is 4.79 Å². The van der Waals surface area contributed by atoms with E-state index in [0.717, 1.165) is 32.4 Å². The predicted molar refractivity (Wildman–Crippen MR) is 105 cm³/mol. The quantitative estimate of drug-likeness (QED) is 0.646. The van der Waals surface area contributed by atoms with Crippen LogP contribution in [0.25, 0.3) is 10.8 Å². The molecule has 1 unspecified atom stereocenters. The lowest BCUT2D eigenvalue weighted by atomic mass is 10.1. The van der Waals surface area contributed by atoms with Crippen LogP contribution in [0.1, 0.15) is 28.8 Å². The molecule has 0 bridgehead atoms. The van der Waals surface area contributed by atoms with Gasteiger partial charge in [-0.25, -0.2) is 4.98 Å². The van der Waals surface area contributed by atoms with Crippen molar-refractivity contribution in [3.05, 3.63) is 40.0 Å². The average Bonchev–Trinajstić information content (AvgIpc) is 3.16. The lowest BCUT2D eigenvalue weighted by molar-refractivity contribution is -0.115. The highest BCUT2D eigenvalue weighted by molar-refractivity contribution is 8.00. The number of para-hydroxylation sites is 1. The third-order valence-corrected chi connectivity index (χ3v) is 5.88. The first kappa shape index (κ1) is 18.6. The standard InChI is InChI=1S/C18H20N4O2S2/c1-9-7-6-8-10(2)14(9)20-16(23)12(4)25-18-22-21-17(24-18)15-11(3)19-13(5)26-15/h6-8,12H,1-5H3,(H,20,23). The minimum absolute atomic E-state index is 0.100. The van der Waals surface area contributed by atoms with Gasteiger partial charge < -0.3 is 9.73 Å². The van der Waals surface area contributed by atoms with Gasteiger partial charge in [0.1, 0.15) is 4.88 Å². The van der Waals surface area contributed by atoms with Gasteiger partial charge in [-0.3, -0.25) is 4.79 Å². The molecule has 0 fully saturated rings. The maximum absolute atomic E-state index is 12.5. The summed E-state index contributed by atoms with van der Waals surface area (Å²) in [5.74, 6) is 0.343. The summed E-state index contributed by atoms with van der Waals surface area (Å²) in [4.78, 5) is 17.8. The summed E-state index contributed by atoms with van der Waals surface area (Å²) in [6.45, 7) is 9.62. The number of nitrogens with one attached hydrogen (secondary N) is 1. The van der Waals surface area contributed by atoms with Crippen molar-refractivity contribution in [3.63, 3.8) is 0 Å². The Morgan fingerprint density at radius 2 is 1.88 bits per heavy atom. The van der Waals surface area contributed by atoms with Gasteiger partial charge in [0, 0.05) is 5.69 Å². The van der Waals surface area contributed by atoms with E-state index in [1.54, 1.807) is 0 Å². The summed E-state index contributed by atoms with van der Waals surface area (Å²) in [6, 6.07) is 5.93. The summed E-state index contributed by atoms with van der Waals surface area (Å²) in [6.07, 6.45) is 0. The largest absolute Gasteiger partial charge is 0.410 e. The topological polar surface area (TPSA) is 80.9 Å². The van der Waals surface area contributed by atoms with Gasteiger partial charge in [-0.1, -0.05) is 30.0 Å². The van der Waals surface area contributed by atoms with Crippen LogP contribution in [0.2, 0.25) is 0 Å². The van der Waals surface area contributed by atoms with E-state index in [1.165, 1.54) is 23.1 Å². The number of thioether (sulfide) groups is 1. The highest BCUT2D eigenvalue weighted by atomic mass is 32.2. The predicted octanol–water partition coefficient (Wildman–Crippen LogP) is 4.55. The fraction of sp³-hybridized carbons (Fsp3) is 0.333. The maximum atomic E-state index is 12.5. The van der Waals surface area contributed by atoms with Gasteiger partial charge >= 0.3 is 0 Å². The zero-order valence-electron chi connectivity index (χ0n) is 15.3. The molecule has 26 heavy (non-hydrogen) atoms. The molecule has 3 aromatic rings. The Hall–Kier alpha value is -2.19. The van der Waals surface area contributed by atoms with E-state index in [2.05, 4.69) is 20.5 Å². The number of carbonyl (C=O) groups is 1. The van der Waals surface area contributed by atoms with Crippen molar-refractivity contribution >= 4 is 34.7 Å². The molecule has 136 valence electrons. The van der Waals surface area contributed by atoms with Crippen molar-refractivity contribution in [2.45, 2.75) is 45.1 Å². The average molecular weight is 389 g/mol. The van der Waals surface area contributed by atoms with Crippen molar-refractivity contribution in [2.75, 3.05) is 5.32 Å². The summed E-state index contributed by atoms with van der Waals surface area (Å²) < 4.78 is 5.71. The number of carbonyl (C=O) groups excluding carboxylic acids is 1. The number of amides is 1. The van der Waals surface area contributed by atoms with E-state index in [4.69, 9.17) is 4.42 Å². The molecule has 0 aliphatic heterocycles. The number of hydrogen-bond acceptors (Lipinski definition) is 7. The molecule has 0 saturated carbocycles. The second-order valence-corrected chi connectivity index (χ2v) is 8.53. The number of benzene rings is 1. The molecule has 1 aromatic carbocycles. The van der Waals surface area contributed by atoms with Gasteiger partial charge in [-0.15, -0.1) is 21.5 Å². The minimum atomic E-state index is -0.369. The highest BCUT2D eigenvalue weighted by Crippen LogP contribution is 2.32. The second-order valence-electron chi connectivity index (χ2n) is 6.04. The number of anilines is 1. The molecule has 0 radical (unpaired) electrons. The first-order chi connectivity index (χ1) is 12.3. The van der Waals surface area contributed by atoms with Crippen molar-refractivity contribution < 1.29 is 9.21 Å². The summed E-state index contributed by atoms with van der Waals surface area (Å²) in [5.41, 5.74) is 3.79. The molecule has 6 nitrogen and oxygen atoms in total. The molecular formula is C18H20N4O2S2. The summed E-state index contributed by atoms with van der Waals surface area (Å²) in [7, 11) is 0. The number of rotatable bonds is 5. The molecule has 1 amide bonds. The number of nitrogens with zero attached hydrogens (tertiary/aromatic N) is 3. The Kier molecular flexibility index (Phi) is 5.43. The van der Waals surface area contributed by atoms with Crippen molar-refractivity contribution in [1.29, 1.82) is 0 Å². The smallest absolute Gasteiger partial charge is 0.277 e.